The number of nitrogens with zero attached hydrogens (tertiary/aromatic N) is 2. The van der Waals surface area contributed by atoms with Crippen LogP contribution in [-0.4, -0.2) is 59.8 Å². The smallest absolute Gasteiger partial charge is 0.220 e. The number of aliphatic hydroxyl groups is 1. The maximum atomic E-state index is 12.3. The Morgan fingerprint density at radius 2 is 2.17 bits per heavy atom. The third kappa shape index (κ3) is 6.69. The van der Waals surface area contributed by atoms with Crippen LogP contribution >= 0.6 is 0 Å². The molecule has 0 radical (unpaired) electrons. The van der Waals surface area contributed by atoms with Crippen LogP contribution in [0.1, 0.15) is 24.0 Å². The summed E-state index contributed by atoms with van der Waals surface area (Å²) in [6, 6.07) is 11.7. The zero-order chi connectivity index (χ0) is 20.5. The van der Waals surface area contributed by atoms with E-state index in [0.29, 0.717) is 32.4 Å². The largest absolute Gasteiger partial charge is 0.496 e. The standard InChI is InChI=1S/C23H29N3O3/c1-29-22-9-3-2-7-19(22)8-5-13-26-16-20(14-21(27)17-26)25-23(28)11-10-18-6-4-12-24-15-18/h2-9,12,15,20-21,27H,10-11,13-14,16-17H2,1H3,(H,25,28)/b8-5+/t20-,21+/m0/s1. The molecule has 1 amide bonds. The van der Waals surface area contributed by atoms with E-state index in [0.717, 1.165) is 23.4 Å². The van der Waals surface area contributed by atoms with Crippen molar-refractivity contribution in [2.45, 2.75) is 31.4 Å². The number of para-hydroxylation sites is 1. The first-order valence-corrected chi connectivity index (χ1v) is 10.0. The Labute approximate surface area is 172 Å². The molecule has 0 unspecified atom stereocenters. The average molecular weight is 396 g/mol. The van der Waals surface area contributed by atoms with E-state index < -0.39 is 6.10 Å². The number of hydrogen-bond donors (Lipinski definition) is 2. The highest BCUT2D eigenvalue weighted by molar-refractivity contribution is 5.76. The second kappa shape index (κ2) is 10.7. The highest BCUT2D eigenvalue weighted by Crippen LogP contribution is 2.19. The quantitative estimate of drug-likeness (QED) is 0.717. The van der Waals surface area contributed by atoms with Crippen LogP contribution in [0.15, 0.2) is 54.9 Å². The van der Waals surface area contributed by atoms with Crippen LogP contribution in [-0.2, 0) is 11.2 Å². The van der Waals surface area contributed by atoms with E-state index >= 15 is 0 Å². The molecule has 6 nitrogen and oxygen atoms in total. The van der Waals surface area contributed by atoms with Crippen LogP contribution in [0.4, 0.5) is 0 Å². The summed E-state index contributed by atoms with van der Waals surface area (Å²) in [4.78, 5) is 18.5. The maximum Gasteiger partial charge on any atom is 0.220 e. The molecule has 1 fully saturated rings. The number of methoxy groups -OCH3 is 1. The summed E-state index contributed by atoms with van der Waals surface area (Å²) < 4.78 is 5.36. The van der Waals surface area contributed by atoms with Gasteiger partial charge in [0.15, 0.2) is 0 Å². The van der Waals surface area contributed by atoms with Crippen molar-refractivity contribution < 1.29 is 14.6 Å². The van der Waals surface area contributed by atoms with E-state index in [9.17, 15) is 9.90 Å². The number of pyridine rings is 1. The van der Waals surface area contributed by atoms with Gasteiger partial charge < -0.3 is 15.2 Å². The molecule has 154 valence electrons. The Balaban J connectivity index is 1.48. The number of rotatable bonds is 8. The molecular weight excluding hydrogens is 366 g/mol. The summed E-state index contributed by atoms with van der Waals surface area (Å²) in [5.74, 6) is 0.846. The van der Waals surface area contributed by atoms with Gasteiger partial charge in [-0.15, -0.1) is 0 Å². The minimum absolute atomic E-state index is 0.0115. The molecule has 1 aliphatic heterocycles. The van der Waals surface area contributed by atoms with Crippen LogP contribution in [0.2, 0.25) is 0 Å². The monoisotopic (exact) mass is 395 g/mol. The molecule has 0 spiro atoms. The molecule has 1 aromatic heterocycles. The molecule has 2 atom stereocenters. The molecule has 0 saturated carbocycles. The van der Waals surface area contributed by atoms with Gasteiger partial charge in [0.05, 0.1) is 13.2 Å². The minimum Gasteiger partial charge on any atom is -0.496 e. The summed E-state index contributed by atoms with van der Waals surface area (Å²) in [7, 11) is 1.66. The molecule has 0 aliphatic carbocycles. The van der Waals surface area contributed by atoms with Gasteiger partial charge in [0.25, 0.3) is 0 Å². The lowest BCUT2D eigenvalue weighted by atomic mass is 10.0. The lowest BCUT2D eigenvalue weighted by Crippen LogP contribution is -2.52. The summed E-state index contributed by atoms with van der Waals surface area (Å²) in [6.07, 6.45) is 8.85. The van der Waals surface area contributed by atoms with Gasteiger partial charge in [-0.05, 0) is 30.5 Å². The third-order valence-electron chi connectivity index (χ3n) is 5.03. The van der Waals surface area contributed by atoms with Crippen LogP contribution < -0.4 is 10.1 Å². The number of likely N-dealkylation sites (tertiary alicyclic amines) is 1. The molecule has 6 heteroatoms. The van der Waals surface area contributed by atoms with Gasteiger partial charge in [0.2, 0.25) is 5.91 Å². The second-order valence-corrected chi connectivity index (χ2v) is 7.38. The van der Waals surface area contributed by atoms with Crippen molar-refractivity contribution >= 4 is 12.0 Å². The Morgan fingerprint density at radius 1 is 1.31 bits per heavy atom. The normalized spacial score (nSPS) is 19.9. The predicted octanol–water partition coefficient (Wildman–Crippen LogP) is 2.29. The van der Waals surface area contributed by atoms with E-state index in [1.165, 1.54) is 0 Å². The van der Waals surface area contributed by atoms with Gasteiger partial charge in [-0.2, -0.15) is 0 Å². The number of aryl methyl sites for hydroxylation is 1. The number of aromatic nitrogens is 1. The number of benzene rings is 1. The van der Waals surface area contributed by atoms with Gasteiger partial charge >= 0.3 is 0 Å². The van der Waals surface area contributed by atoms with Crippen molar-refractivity contribution in [2.75, 3.05) is 26.7 Å². The Hall–Kier alpha value is -2.70. The first-order valence-electron chi connectivity index (χ1n) is 10.0. The molecule has 2 heterocycles. The Kier molecular flexibility index (Phi) is 7.78. The number of amides is 1. The van der Waals surface area contributed by atoms with Crippen molar-refractivity contribution in [2.24, 2.45) is 0 Å². The highest BCUT2D eigenvalue weighted by atomic mass is 16.5. The van der Waals surface area contributed by atoms with E-state index in [4.69, 9.17) is 4.74 Å². The highest BCUT2D eigenvalue weighted by Gasteiger charge is 2.26. The van der Waals surface area contributed by atoms with Crippen LogP contribution in [0.3, 0.4) is 0 Å². The Bertz CT molecular complexity index is 810. The first kappa shape index (κ1) is 21.0. The van der Waals surface area contributed by atoms with Gasteiger partial charge in [0, 0.05) is 50.1 Å². The van der Waals surface area contributed by atoms with Gasteiger partial charge in [-0.25, -0.2) is 0 Å². The van der Waals surface area contributed by atoms with Crippen LogP contribution in [0.25, 0.3) is 6.08 Å². The molecule has 1 aromatic carbocycles. The van der Waals surface area contributed by atoms with Crippen LogP contribution in [0.5, 0.6) is 5.75 Å². The van der Waals surface area contributed by atoms with E-state index in [1.54, 1.807) is 19.5 Å². The molecular formula is C23H29N3O3. The van der Waals surface area contributed by atoms with Crippen molar-refractivity contribution in [3.8, 4) is 5.75 Å². The fourth-order valence-electron chi connectivity index (χ4n) is 3.65. The van der Waals surface area contributed by atoms with Gasteiger partial charge in [-0.3, -0.25) is 14.7 Å². The Morgan fingerprint density at radius 3 is 2.97 bits per heavy atom. The van der Waals surface area contributed by atoms with Crippen molar-refractivity contribution in [3.63, 3.8) is 0 Å². The number of hydrogen-bond acceptors (Lipinski definition) is 5. The van der Waals surface area contributed by atoms with E-state index in [2.05, 4.69) is 21.3 Å². The maximum absolute atomic E-state index is 12.3. The van der Waals surface area contributed by atoms with E-state index in [-0.39, 0.29) is 11.9 Å². The molecule has 3 rings (SSSR count). The fourth-order valence-corrected chi connectivity index (χ4v) is 3.65. The third-order valence-corrected chi connectivity index (χ3v) is 5.03. The summed E-state index contributed by atoms with van der Waals surface area (Å²) in [5, 5.41) is 13.3. The van der Waals surface area contributed by atoms with Crippen molar-refractivity contribution in [1.29, 1.82) is 0 Å². The summed E-state index contributed by atoms with van der Waals surface area (Å²) >= 11 is 0. The van der Waals surface area contributed by atoms with E-state index in [1.807, 2.05) is 42.5 Å². The first-order chi connectivity index (χ1) is 14.1. The zero-order valence-corrected chi connectivity index (χ0v) is 16.8. The topological polar surface area (TPSA) is 74.7 Å². The van der Waals surface area contributed by atoms with Crippen LogP contribution in [0, 0.1) is 0 Å². The van der Waals surface area contributed by atoms with Crippen molar-refractivity contribution in [3.05, 3.63) is 66.0 Å². The molecule has 2 N–H and O–H groups in total. The van der Waals surface area contributed by atoms with Gasteiger partial charge in [0.1, 0.15) is 5.75 Å². The lowest BCUT2D eigenvalue weighted by Gasteiger charge is -2.35. The number of carbonyl (C=O) groups excluding carboxylic acids is 1. The fraction of sp³-hybridized carbons (Fsp3) is 0.391. The summed E-state index contributed by atoms with van der Waals surface area (Å²) in [6.45, 7) is 2.04. The number of β-amino-alcohol motifs (C(OH)–C–C–N with tert-alkyl or cyclic N) is 1. The predicted molar refractivity (Wildman–Crippen MR) is 114 cm³/mol. The van der Waals surface area contributed by atoms with Crippen molar-refractivity contribution in [1.82, 2.24) is 15.2 Å². The summed E-state index contributed by atoms with van der Waals surface area (Å²) in [5.41, 5.74) is 2.07. The number of carbonyl (C=O) groups is 1. The molecule has 1 saturated heterocycles. The number of ether oxygens (including phenoxy) is 1. The number of aliphatic hydroxyl groups excluding tert-OH is 1. The lowest BCUT2D eigenvalue weighted by molar-refractivity contribution is -0.122. The number of piperidine rings is 1. The SMILES string of the molecule is COc1ccccc1/C=C/CN1C[C@H](O)C[C@H](NC(=O)CCc2cccnc2)C1. The molecule has 29 heavy (non-hydrogen) atoms. The molecule has 0 bridgehead atoms. The molecule has 1 aliphatic rings. The number of nitrogens with one attached hydrogen (secondary N) is 1. The average Bonchev–Trinajstić information content (AvgIpc) is 2.73. The molecule has 2 aromatic rings. The minimum atomic E-state index is -0.438. The second-order valence-electron chi connectivity index (χ2n) is 7.38. The van der Waals surface area contributed by atoms with Gasteiger partial charge in [-0.1, -0.05) is 36.4 Å². The zero-order valence-electron chi connectivity index (χ0n) is 16.8.